The van der Waals surface area contributed by atoms with Crippen molar-refractivity contribution >= 4 is 23.3 Å². The molecule has 4 rings (SSSR count). The summed E-state index contributed by atoms with van der Waals surface area (Å²) in [6.45, 7) is 1.90. The number of esters is 1. The van der Waals surface area contributed by atoms with Gasteiger partial charge in [0.2, 0.25) is 0 Å². The molecule has 0 saturated heterocycles. The Bertz CT molecular complexity index is 1310. The smallest absolute Gasteiger partial charge is 0.338 e. The molecular formula is C25H21FN2O5. The molecule has 7 nitrogen and oxygen atoms in total. The molecule has 0 bridgehead atoms. The van der Waals surface area contributed by atoms with Crippen molar-refractivity contribution in [1.82, 2.24) is 4.57 Å². The van der Waals surface area contributed by atoms with Crippen LogP contribution in [0.2, 0.25) is 0 Å². The standard InChI is InChI=1S/C25H21FN2O5/c1-2-33-25(32)15-5-3-6-17(13-15)27-23(30)20-14-19-21(7-4-8-22(19)29)28(24(20)31)18-11-9-16(26)10-12-18/h3,5-6,9-14H,2,4,7-8H2,1H3,(H,27,30). The number of carbonyl (C=O) groups excluding carboxylic acids is 3. The fraction of sp³-hybridized carbons (Fsp3) is 0.200. The number of halogens is 1. The summed E-state index contributed by atoms with van der Waals surface area (Å²) in [5, 5.41) is 2.61. The molecule has 1 N–H and O–H groups in total. The highest BCUT2D eigenvalue weighted by Crippen LogP contribution is 2.24. The lowest BCUT2D eigenvalue weighted by Crippen LogP contribution is -2.33. The largest absolute Gasteiger partial charge is 0.462 e. The average molecular weight is 448 g/mol. The number of fused-ring (bicyclic) bond motifs is 1. The Kier molecular flexibility index (Phi) is 6.17. The third-order valence-electron chi connectivity index (χ3n) is 5.38. The number of Topliss-reactive ketones (excluding diaryl/α,β-unsaturated/α-hetero) is 1. The van der Waals surface area contributed by atoms with E-state index >= 15 is 0 Å². The molecule has 0 spiro atoms. The number of carbonyl (C=O) groups is 3. The number of pyridine rings is 1. The van der Waals surface area contributed by atoms with Crippen LogP contribution in [-0.4, -0.2) is 28.8 Å². The highest BCUT2D eigenvalue weighted by Gasteiger charge is 2.26. The van der Waals surface area contributed by atoms with Gasteiger partial charge in [0, 0.05) is 29.1 Å². The summed E-state index contributed by atoms with van der Waals surface area (Å²) in [7, 11) is 0. The molecule has 1 aliphatic rings. The molecule has 0 unspecified atom stereocenters. The van der Waals surface area contributed by atoms with E-state index in [9.17, 15) is 23.6 Å². The van der Waals surface area contributed by atoms with Gasteiger partial charge in [-0.3, -0.25) is 19.0 Å². The number of anilines is 1. The minimum Gasteiger partial charge on any atom is -0.462 e. The van der Waals surface area contributed by atoms with Crippen LogP contribution in [0.3, 0.4) is 0 Å². The van der Waals surface area contributed by atoms with E-state index in [2.05, 4.69) is 5.32 Å². The first-order valence-corrected chi connectivity index (χ1v) is 10.6. The molecule has 3 aromatic rings. The summed E-state index contributed by atoms with van der Waals surface area (Å²) in [6, 6.07) is 12.8. The highest BCUT2D eigenvalue weighted by molar-refractivity contribution is 6.07. The molecular weight excluding hydrogens is 427 g/mol. The number of aromatic nitrogens is 1. The molecule has 0 fully saturated rings. The van der Waals surface area contributed by atoms with Gasteiger partial charge in [-0.2, -0.15) is 0 Å². The molecule has 8 heteroatoms. The molecule has 0 aliphatic heterocycles. The van der Waals surface area contributed by atoms with Gasteiger partial charge in [0.1, 0.15) is 11.4 Å². The topological polar surface area (TPSA) is 94.5 Å². The third-order valence-corrected chi connectivity index (χ3v) is 5.38. The average Bonchev–Trinajstić information content (AvgIpc) is 2.80. The minimum absolute atomic E-state index is 0.162. The Morgan fingerprint density at radius 1 is 1.06 bits per heavy atom. The second-order valence-electron chi connectivity index (χ2n) is 7.57. The third kappa shape index (κ3) is 4.45. The van der Waals surface area contributed by atoms with Crippen molar-refractivity contribution in [2.75, 3.05) is 11.9 Å². The quantitative estimate of drug-likeness (QED) is 0.597. The van der Waals surface area contributed by atoms with Crippen LogP contribution in [0.25, 0.3) is 5.69 Å². The summed E-state index contributed by atoms with van der Waals surface area (Å²) in [5.41, 5.74) is 0.871. The Hall–Kier alpha value is -4.07. The number of amides is 1. The maximum absolute atomic E-state index is 13.5. The fourth-order valence-electron chi connectivity index (χ4n) is 3.85. The Morgan fingerprint density at radius 2 is 1.82 bits per heavy atom. The first-order valence-electron chi connectivity index (χ1n) is 10.6. The first-order chi connectivity index (χ1) is 15.9. The van der Waals surface area contributed by atoms with Crippen molar-refractivity contribution in [3.8, 4) is 5.69 Å². The summed E-state index contributed by atoms with van der Waals surface area (Å²) in [4.78, 5) is 51.0. The van der Waals surface area contributed by atoms with Gasteiger partial charge in [-0.1, -0.05) is 6.07 Å². The minimum atomic E-state index is -0.724. The predicted molar refractivity (Wildman–Crippen MR) is 120 cm³/mol. The van der Waals surface area contributed by atoms with Crippen molar-refractivity contribution in [1.29, 1.82) is 0 Å². The number of ether oxygens (including phenoxy) is 1. The lowest BCUT2D eigenvalue weighted by atomic mass is 9.92. The van der Waals surface area contributed by atoms with Crippen LogP contribution in [0.15, 0.2) is 59.4 Å². The van der Waals surface area contributed by atoms with Gasteiger partial charge in [-0.25, -0.2) is 9.18 Å². The maximum atomic E-state index is 13.5. The van der Waals surface area contributed by atoms with Crippen LogP contribution in [0.5, 0.6) is 0 Å². The van der Waals surface area contributed by atoms with E-state index in [1.54, 1.807) is 25.1 Å². The second kappa shape index (κ2) is 9.20. The number of nitrogens with one attached hydrogen (secondary N) is 1. The van der Waals surface area contributed by atoms with Crippen LogP contribution < -0.4 is 10.9 Å². The van der Waals surface area contributed by atoms with E-state index in [4.69, 9.17) is 4.74 Å². The molecule has 1 heterocycles. The van der Waals surface area contributed by atoms with E-state index in [0.717, 1.165) is 0 Å². The molecule has 1 aromatic heterocycles. The fourth-order valence-corrected chi connectivity index (χ4v) is 3.85. The van der Waals surface area contributed by atoms with E-state index in [-0.39, 0.29) is 23.5 Å². The first kappa shape index (κ1) is 22.1. The SMILES string of the molecule is CCOC(=O)c1cccc(NC(=O)c2cc3c(n(-c4ccc(F)cc4)c2=O)CCCC3=O)c1. The highest BCUT2D eigenvalue weighted by atomic mass is 19.1. The molecule has 2 aromatic carbocycles. The van der Waals surface area contributed by atoms with Crippen molar-refractivity contribution in [2.45, 2.75) is 26.2 Å². The molecule has 1 amide bonds. The monoisotopic (exact) mass is 448 g/mol. The van der Waals surface area contributed by atoms with Gasteiger partial charge in [-0.05, 0) is 68.3 Å². The van der Waals surface area contributed by atoms with Crippen LogP contribution >= 0.6 is 0 Å². The molecule has 0 saturated carbocycles. The van der Waals surface area contributed by atoms with Crippen molar-refractivity contribution in [3.05, 3.63) is 93.2 Å². The Labute approximate surface area is 188 Å². The lowest BCUT2D eigenvalue weighted by Gasteiger charge is -2.21. The van der Waals surface area contributed by atoms with Crippen molar-refractivity contribution < 1.29 is 23.5 Å². The van der Waals surface area contributed by atoms with Crippen LogP contribution in [-0.2, 0) is 11.2 Å². The maximum Gasteiger partial charge on any atom is 0.338 e. The second-order valence-corrected chi connectivity index (χ2v) is 7.57. The molecule has 1 aliphatic carbocycles. The molecule has 33 heavy (non-hydrogen) atoms. The number of rotatable bonds is 5. The normalized spacial score (nSPS) is 12.7. The van der Waals surface area contributed by atoms with Gasteiger partial charge < -0.3 is 10.1 Å². The number of nitrogens with zero attached hydrogens (tertiary/aromatic N) is 1. The zero-order valence-corrected chi connectivity index (χ0v) is 17.9. The summed E-state index contributed by atoms with van der Waals surface area (Å²) < 4.78 is 19.7. The van der Waals surface area contributed by atoms with Crippen molar-refractivity contribution in [3.63, 3.8) is 0 Å². The van der Waals surface area contributed by atoms with Gasteiger partial charge in [-0.15, -0.1) is 0 Å². The van der Waals surface area contributed by atoms with Gasteiger partial charge in [0.15, 0.2) is 5.78 Å². The van der Waals surface area contributed by atoms with Crippen LogP contribution in [0.4, 0.5) is 10.1 Å². The van der Waals surface area contributed by atoms with E-state index in [1.807, 2.05) is 0 Å². The molecule has 0 atom stereocenters. The Balaban J connectivity index is 1.77. The van der Waals surface area contributed by atoms with Crippen LogP contribution in [0.1, 0.15) is 56.5 Å². The Morgan fingerprint density at radius 3 is 2.55 bits per heavy atom. The zero-order valence-electron chi connectivity index (χ0n) is 17.9. The molecule has 0 radical (unpaired) electrons. The van der Waals surface area contributed by atoms with Gasteiger partial charge in [0.05, 0.1) is 12.2 Å². The van der Waals surface area contributed by atoms with Gasteiger partial charge in [0.25, 0.3) is 11.5 Å². The van der Waals surface area contributed by atoms with E-state index in [0.29, 0.717) is 41.9 Å². The van der Waals surface area contributed by atoms with Crippen LogP contribution in [0, 0.1) is 5.82 Å². The molecule has 168 valence electrons. The van der Waals surface area contributed by atoms with Gasteiger partial charge >= 0.3 is 5.97 Å². The lowest BCUT2D eigenvalue weighted by molar-refractivity contribution is 0.0526. The summed E-state index contributed by atoms with van der Waals surface area (Å²) >= 11 is 0. The predicted octanol–water partition coefficient (Wildman–Crippen LogP) is 3.92. The summed E-state index contributed by atoms with van der Waals surface area (Å²) in [6.07, 6.45) is 1.38. The number of hydrogen-bond donors (Lipinski definition) is 1. The number of hydrogen-bond acceptors (Lipinski definition) is 5. The van der Waals surface area contributed by atoms with E-state index in [1.165, 1.54) is 41.0 Å². The number of ketones is 1. The summed E-state index contributed by atoms with van der Waals surface area (Å²) in [5.74, 6) is -1.89. The van der Waals surface area contributed by atoms with Crippen molar-refractivity contribution in [2.24, 2.45) is 0 Å². The zero-order chi connectivity index (χ0) is 23.5. The van der Waals surface area contributed by atoms with E-state index < -0.39 is 23.3 Å². The number of benzene rings is 2.